The molecule has 0 saturated carbocycles. The van der Waals surface area contributed by atoms with Gasteiger partial charge in [-0.3, -0.25) is 10.1 Å². The van der Waals surface area contributed by atoms with Crippen molar-refractivity contribution in [1.82, 2.24) is 10.6 Å². The van der Waals surface area contributed by atoms with Crippen molar-refractivity contribution in [2.45, 2.75) is 18.9 Å². The minimum Gasteiger partial charge on any atom is -0.394 e. The van der Waals surface area contributed by atoms with E-state index in [1.807, 2.05) is 37.3 Å². The van der Waals surface area contributed by atoms with Crippen molar-refractivity contribution in [3.8, 4) is 0 Å². The molecule has 3 N–H and O–H groups in total. The van der Waals surface area contributed by atoms with E-state index in [4.69, 9.17) is 4.74 Å². The smallest absolute Gasteiger partial charge is 0.233 e. The lowest BCUT2D eigenvalue weighted by Gasteiger charge is -2.29. The summed E-state index contributed by atoms with van der Waals surface area (Å²) in [6.45, 7) is 3.19. The third-order valence-corrected chi connectivity index (χ3v) is 3.21. The third kappa shape index (κ3) is 5.28. The van der Waals surface area contributed by atoms with Crippen LogP contribution in [-0.2, 0) is 15.1 Å². The molecule has 0 radical (unpaired) electrons. The van der Waals surface area contributed by atoms with E-state index in [0.29, 0.717) is 13.2 Å². The largest absolute Gasteiger partial charge is 0.394 e. The van der Waals surface area contributed by atoms with Crippen LogP contribution in [-0.4, -0.2) is 44.4 Å². The van der Waals surface area contributed by atoms with Crippen molar-refractivity contribution in [3.05, 3.63) is 35.9 Å². The van der Waals surface area contributed by atoms with Gasteiger partial charge in [-0.25, -0.2) is 0 Å². The molecular weight excluding hydrogens is 256 g/mol. The lowest BCUT2D eigenvalue weighted by Crippen LogP contribution is -2.47. The molecule has 112 valence electrons. The number of aliphatic hydroxyl groups excluding tert-OH is 1. The summed E-state index contributed by atoms with van der Waals surface area (Å²) in [5.41, 5.74) is 0.333. The molecule has 5 heteroatoms. The fourth-order valence-electron chi connectivity index (χ4n) is 1.84. The van der Waals surface area contributed by atoms with Gasteiger partial charge in [-0.05, 0) is 18.9 Å². The van der Waals surface area contributed by atoms with E-state index < -0.39 is 5.54 Å². The van der Waals surface area contributed by atoms with E-state index in [1.165, 1.54) is 0 Å². The predicted octanol–water partition coefficient (Wildman–Crippen LogP) is 0.636. The number of methoxy groups -OCH3 is 1. The molecule has 1 unspecified atom stereocenters. The Labute approximate surface area is 120 Å². The first-order chi connectivity index (χ1) is 9.62. The van der Waals surface area contributed by atoms with Crippen molar-refractivity contribution in [2.24, 2.45) is 0 Å². The van der Waals surface area contributed by atoms with Crippen molar-refractivity contribution in [3.63, 3.8) is 0 Å². The molecule has 0 aromatic heterocycles. The molecule has 1 aromatic carbocycles. The summed E-state index contributed by atoms with van der Waals surface area (Å²) in [5, 5.41) is 15.5. The molecule has 0 bridgehead atoms. The number of carbonyl (C=O) groups excluding carboxylic acids is 1. The second-order valence-corrected chi connectivity index (χ2v) is 4.91. The van der Waals surface area contributed by atoms with E-state index in [1.54, 1.807) is 7.11 Å². The lowest BCUT2D eigenvalue weighted by atomic mass is 9.93. The second-order valence-electron chi connectivity index (χ2n) is 4.91. The van der Waals surface area contributed by atoms with Crippen LogP contribution in [0.2, 0.25) is 0 Å². The van der Waals surface area contributed by atoms with Gasteiger partial charge in [0.25, 0.3) is 0 Å². The fraction of sp³-hybridized carbons (Fsp3) is 0.533. The van der Waals surface area contributed by atoms with Gasteiger partial charge < -0.3 is 15.2 Å². The van der Waals surface area contributed by atoms with Crippen molar-refractivity contribution < 1.29 is 14.6 Å². The van der Waals surface area contributed by atoms with E-state index in [-0.39, 0.29) is 19.1 Å². The predicted molar refractivity (Wildman–Crippen MR) is 78.4 cm³/mol. The Morgan fingerprint density at radius 3 is 2.65 bits per heavy atom. The maximum absolute atomic E-state index is 11.7. The number of amides is 1. The topological polar surface area (TPSA) is 70.6 Å². The quantitative estimate of drug-likeness (QED) is 0.581. The number of ether oxygens (including phenoxy) is 1. The Morgan fingerprint density at radius 2 is 2.05 bits per heavy atom. The summed E-state index contributed by atoms with van der Waals surface area (Å²) < 4.78 is 4.91. The number of nitrogens with one attached hydrogen (secondary N) is 2. The molecule has 20 heavy (non-hydrogen) atoms. The first kappa shape index (κ1) is 16.6. The van der Waals surface area contributed by atoms with Gasteiger partial charge in [0.05, 0.1) is 18.7 Å². The molecule has 1 atom stereocenters. The van der Waals surface area contributed by atoms with Crippen LogP contribution in [0.5, 0.6) is 0 Å². The van der Waals surface area contributed by atoms with E-state index >= 15 is 0 Å². The van der Waals surface area contributed by atoms with Crippen molar-refractivity contribution >= 4 is 5.91 Å². The third-order valence-electron chi connectivity index (χ3n) is 3.21. The Morgan fingerprint density at radius 1 is 1.35 bits per heavy atom. The van der Waals surface area contributed by atoms with Gasteiger partial charge in [0.1, 0.15) is 0 Å². The zero-order chi connectivity index (χ0) is 14.8. The highest BCUT2D eigenvalue weighted by molar-refractivity contribution is 5.78. The van der Waals surface area contributed by atoms with Crippen LogP contribution in [0.1, 0.15) is 18.9 Å². The van der Waals surface area contributed by atoms with E-state index in [0.717, 1.165) is 12.0 Å². The monoisotopic (exact) mass is 280 g/mol. The molecule has 0 fully saturated rings. The normalized spacial score (nSPS) is 13.8. The number of aliphatic hydroxyl groups is 1. The van der Waals surface area contributed by atoms with Gasteiger partial charge in [-0.1, -0.05) is 30.3 Å². The summed E-state index contributed by atoms with van der Waals surface area (Å²) in [4.78, 5) is 11.7. The average Bonchev–Trinajstić information content (AvgIpc) is 2.50. The highest BCUT2D eigenvalue weighted by Gasteiger charge is 2.25. The lowest BCUT2D eigenvalue weighted by molar-refractivity contribution is -0.120. The molecule has 0 aliphatic heterocycles. The number of rotatable bonds is 9. The Kier molecular flexibility index (Phi) is 7.22. The van der Waals surface area contributed by atoms with Crippen molar-refractivity contribution in [1.29, 1.82) is 0 Å². The molecule has 0 heterocycles. The summed E-state index contributed by atoms with van der Waals surface area (Å²) in [5.74, 6) is -0.0864. The van der Waals surface area contributed by atoms with E-state index in [9.17, 15) is 9.90 Å². The van der Waals surface area contributed by atoms with E-state index in [2.05, 4.69) is 10.6 Å². The van der Waals surface area contributed by atoms with Gasteiger partial charge in [-0.2, -0.15) is 0 Å². The highest BCUT2D eigenvalue weighted by atomic mass is 16.5. The van der Waals surface area contributed by atoms with Crippen LogP contribution in [0.25, 0.3) is 0 Å². The van der Waals surface area contributed by atoms with Crippen LogP contribution in [0.4, 0.5) is 0 Å². The Balaban J connectivity index is 2.43. The van der Waals surface area contributed by atoms with Gasteiger partial charge in [0, 0.05) is 20.3 Å². The van der Waals surface area contributed by atoms with Crippen LogP contribution in [0.15, 0.2) is 30.3 Å². The average molecular weight is 280 g/mol. The zero-order valence-electron chi connectivity index (χ0n) is 12.2. The molecule has 5 nitrogen and oxygen atoms in total. The SMILES string of the molecule is COCCCNC(=O)CNC(C)(CO)c1ccccc1. The van der Waals surface area contributed by atoms with Gasteiger partial charge in [0.15, 0.2) is 0 Å². The first-order valence-electron chi connectivity index (χ1n) is 6.79. The first-order valence-corrected chi connectivity index (χ1v) is 6.79. The highest BCUT2D eigenvalue weighted by Crippen LogP contribution is 2.19. The zero-order valence-corrected chi connectivity index (χ0v) is 12.2. The van der Waals surface area contributed by atoms with Crippen LogP contribution in [0, 0.1) is 0 Å². The maximum atomic E-state index is 11.7. The molecule has 0 aliphatic carbocycles. The molecule has 1 rings (SSSR count). The minimum atomic E-state index is -0.620. The number of hydrogen-bond donors (Lipinski definition) is 3. The molecular formula is C15H24N2O3. The second kappa shape index (κ2) is 8.68. The standard InChI is InChI=1S/C15H24N2O3/c1-15(12-18,13-7-4-3-5-8-13)17-11-14(19)16-9-6-10-20-2/h3-5,7-8,17-18H,6,9-12H2,1-2H3,(H,16,19). The summed E-state index contributed by atoms with van der Waals surface area (Å²) in [7, 11) is 1.63. The number of carbonyl (C=O) groups is 1. The summed E-state index contributed by atoms with van der Waals surface area (Å²) in [6, 6.07) is 9.61. The minimum absolute atomic E-state index is 0.0754. The van der Waals surface area contributed by atoms with Crippen LogP contribution in [0.3, 0.4) is 0 Å². The van der Waals surface area contributed by atoms with Crippen molar-refractivity contribution in [2.75, 3.05) is 33.4 Å². The fourth-order valence-corrected chi connectivity index (χ4v) is 1.84. The van der Waals surface area contributed by atoms with Gasteiger partial charge in [0.2, 0.25) is 5.91 Å². The molecule has 0 spiro atoms. The van der Waals surface area contributed by atoms with Crippen LogP contribution >= 0.6 is 0 Å². The maximum Gasteiger partial charge on any atom is 0.233 e. The molecule has 1 aromatic rings. The summed E-state index contributed by atoms with van der Waals surface area (Å²) in [6.07, 6.45) is 0.790. The Hall–Kier alpha value is -1.43. The number of benzene rings is 1. The number of hydrogen-bond acceptors (Lipinski definition) is 4. The summed E-state index contributed by atoms with van der Waals surface area (Å²) >= 11 is 0. The Bertz CT molecular complexity index is 397. The van der Waals surface area contributed by atoms with Gasteiger partial charge in [-0.15, -0.1) is 0 Å². The molecule has 0 saturated heterocycles. The molecule has 0 aliphatic rings. The van der Waals surface area contributed by atoms with Gasteiger partial charge >= 0.3 is 0 Å². The molecule has 1 amide bonds. The van der Waals surface area contributed by atoms with Crippen LogP contribution < -0.4 is 10.6 Å².